The van der Waals surface area contributed by atoms with Gasteiger partial charge in [0.1, 0.15) is 0 Å². The van der Waals surface area contributed by atoms with Crippen LogP contribution in [0.5, 0.6) is 0 Å². The topological polar surface area (TPSA) is 52.0 Å². The molecule has 0 radical (unpaired) electrons. The minimum Gasteiger partial charge on any atom is -0.405 e. The molecule has 8 heavy (non-hydrogen) atoms. The van der Waals surface area contributed by atoms with E-state index in [2.05, 4.69) is 6.92 Å². The number of nitrogens with two attached hydrogens (primary N) is 2. The molecule has 48 valence electrons. The summed E-state index contributed by atoms with van der Waals surface area (Å²) in [7, 11) is 0. The second-order valence-electron chi connectivity index (χ2n) is 1.83. The van der Waals surface area contributed by atoms with E-state index >= 15 is 0 Å². The Morgan fingerprint density at radius 2 is 2.25 bits per heavy atom. The SMILES string of the molecule is CCC(N)CC=CN. The van der Waals surface area contributed by atoms with Gasteiger partial charge in [0.25, 0.3) is 0 Å². The molecule has 0 bridgehead atoms. The lowest BCUT2D eigenvalue weighted by molar-refractivity contribution is 0.659. The van der Waals surface area contributed by atoms with Crippen molar-refractivity contribution >= 4 is 0 Å². The first kappa shape index (κ1) is 7.50. The summed E-state index contributed by atoms with van der Waals surface area (Å²) in [6, 6.07) is 0.287. The Kier molecular flexibility index (Phi) is 4.36. The quantitative estimate of drug-likeness (QED) is 0.564. The van der Waals surface area contributed by atoms with E-state index in [-0.39, 0.29) is 6.04 Å². The van der Waals surface area contributed by atoms with Gasteiger partial charge in [-0.1, -0.05) is 13.0 Å². The third kappa shape index (κ3) is 3.68. The molecule has 0 aromatic heterocycles. The summed E-state index contributed by atoms with van der Waals surface area (Å²) in [6.45, 7) is 2.06. The van der Waals surface area contributed by atoms with E-state index in [4.69, 9.17) is 11.5 Å². The van der Waals surface area contributed by atoms with Crippen molar-refractivity contribution in [3.05, 3.63) is 12.3 Å². The van der Waals surface area contributed by atoms with Crippen LogP contribution in [0.3, 0.4) is 0 Å². The molecule has 0 amide bonds. The highest BCUT2D eigenvalue weighted by Crippen LogP contribution is 1.92. The van der Waals surface area contributed by atoms with Crippen LogP contribution in [0.2, 0.25) is 0 Å². The fourth-order valence-corrected chi connectivity index (χ4v) is 0.420. The zero-order valence-corrected chi connectivity index (χ0v) is 5.30. The lowest BCUT2D eigenvalue weighted by atomic mass is 10.2. The molecule has 0 aromatic rings. The predicted molar refractivity (Wildman–Crippen MR) is 36.2 cm³/mol. The predicted octanol–water partition coefficient (Wildman–Crippen LogP) is 0.586. The first-order valence-corrected chi connectivity index (χ1v) is 2.93. The van der Waals surface area contributed by atoms with Gasteiger partial charge in [-0.25, -0.2) is 0 Å². The molecule has 0 fully saturated rings. The van der Waals surface area contributed by atoms with Gasteiger partial charge in [-0.2, -0.15) is 0 Å². The fraction of sp³-hybridized carbons (Fsp3) is 0.667. The highest BCUT2D eigenvalue weighted by molar-refractivity contribution is 4.80. The largest absolute Gasteiger partial charge is 0.405 e. The maximum atomic E-state index is 5.55. The van der Waals surface area contributed by atoms with Gasteiger partial charge in [-0.05, 0) is 19.0 Å². The van der Waals surface area contributed by atoms with Crippen LogP contribution >= 0.6 is 0 Å². The molecule has 0 rings (SSSR count). The summed E-state index contributed by atoms with van der Waals surface area (Å²) in [6.07, 6.45) is 5.33. The minimum atomic E-state index is 0.287. The van der Waals surface area contributed by atoms with Crippen molar-refractivity contribution < 1.29 is 0 Å². The minimum absolute atomic E-state index is 0.287. The van der Waals surface area contributed by atoms with E-state index in [1.165, 1.54) is 6.20 Å². The van der Waals surface area contributed by atoms with Gasteiger partial charge in [0, 0.05) is 6.04 Å². The Bertz CT molecular complexity index is 68.9. The molecule has 0 aliphatic heterocycles. The van der Waals surface area contributed by atoms with Crippen LogP contribution in [-0.2, 0) is 0 Å². The third-order valence-electron chi connectivity index (χ3n) is 1.10. The first-order chi connectivity index (χ1) is 3.81. The lowest BCUT2D eigenvalue weighted by Gasteiger charge is -2.01. The van der Waals surface area contributed by atoms with Crippen LogP contribution in [0.4, 0.5) is 0 Å². The van der Waals surface area contributed by atoms with Gasteiger partial charge < -0.3 is 11.5 Å². The van der Waals surface area contributed by atoms with Crippen molar-refractivity contribution in [2.24, 2.45) is 11.5 Å². The zero-order chi connectivity index (χ0) is 6.41. The van der Waals surface area contributed by atoms with Gasteiger partial charge in [-0.3, -0.25) is 0 Å². The number of hydrogen-bond acceptors (Lipinski definition) is 2. The maximum absolute atomic E-state index is 5.55. The van der Waals surface area contributed by atoms with Crippen LogP contribution in [0.15, 0.2) is 12.3 Å². The highest BCUT2D eigenvalue weighted by Gasteiger charge is 1.91. The van der Waals surface area contributed by atoms with Gasteiger partial charge in [-0.15, -0.1) is 0 Å². The maximum Gasteiger partial charge on any atom is 0.00714 e. The first-order valence-electron chi connectivity index (χ1n) is 2.93. The monoisotopic (exact) mass is 114 g/mol. The molecule has 1 unspecified atom stereocenters. The summed E-state index contributed by atoms with van der Waals surface area (Å²) in [5.41, 5.74) is 10.6. The van der Waals surface area contributed by atoms with Crippen molar-refractivity contribution in [3.63, 3.8) is 0 Å². The number of hydrogen-bond donors (Lipinski definition) is 2. The average Bonchev–Trinajstić information content (AvgIpc) is 1.83. The molecular weight excluding hydrogens is 100 g/mol. The van der Waals surface area contributed by atoms with Gasteiger partial charge in [0.2, 0.25) is 0 Å². The second-order valence-corrected chi connectivity index (χ2v) is 1.83. The van der Waals surface area contributed by atoms with Crippen LogP contribution in [0, 0.1) is 0 Å². The van der Waals surface area contributed by atoms with Gasteiger partial charge >= 0.3 is 0 Å². The standard InChI is InChI=1S/C6H14N2/c1-2-6(8)4-3-5-7/h3,5-6H,2,4,7-8H2,1H3. The molecule has 0 aliphatic carbocycles. The Morgan fingerprint density at radius 1 is 1.62 bits per heavy atom. The summed E-state index contributed by atoms with van der Waals surface area (Å²) < 4.78 is 0. The van der Waals surface area contributed by atoms with Gasteiger partial charge in [0.15, 0.2) is 0 Å². The summed E-state index contributed by atoms with van der Waals surface area (Å²) >= 11 is 0. The van der Waals surface area contributed by atoms with E-state index in [1.807, 2.05) is 6.08 Å². The molecule has 1 atom stereocenters. The Morgan fingerprint density at radius 3 is 2.62 bits per heavy atom. The van der Waals surface area contributed by atoms with Crippen molar-refractivity contribution in [1.82, 2.24) is 0 Å². The van der Waals surface area contributed by atoms with Crippen molar-refractivity contribution in [1.29, 1.82) is 0 Å². The number of rotatable bonds is 3. The molecule has 0 aromatic carbocycles. The van der Waals surface area contributed by atoms with Crippen LogP contribution < -0.4 is 11.5 Å². The Labute approximate surface area is 50.6 Å². The van der Waals surface area contributed by atoms with Crippen molar-refractivity contribution in [3.8, 4) is 0 Å². The summed E-state index contributed by atoms with van der Waals surface area (Å²) in [5, 5.41) is 0. The molecule has 2 heteroatoms. The smallest absolute Gasteiger partial charge is 0.00714 e. The van der Waals surface area contributed by atoms with E-state index in [0.717, 1.165) is 12.8 Å². The fourth-order valence-electron chi connectivity index (χ4n) is 0.420. The zero-order valence-electron chi connectivity index (χ0n) is 5.30. The lowest BCUT2D eigenvalue weighted by Crippen LogP contribution is -2.16. The second kappa shape index (κ2) is 4.65. The Hall–Kier alpha value is -0.500. The Balaban J connectivity index is 3.10. The average molecular weight is 114 g/mol. The van der Waals surface area contributed by atoms with Crippen molar-refractivity contribution in [2.45, 2.75) is 25.8 Å². The normalized spacial score (nSPS) is 14.8. The van der Waals surface area contributed by atoms with Crippen molar-refractivity contribution in [2.75, 3.05) is 0 Å². The van der Waals surface area contributed by atoms with E-state index in [1.54, 1.807) is 0 Å². The molecule has 0 saturated carbocycles. The molecule has 0 aliphatic rings. The van der Waals surface area contributed by atoms with Crippen LogP contribution in [0.1, 0.15) is 19.8 Å². The van der Waals surface area contributed by atoms with E-state index in [0.29, 0.717) is 0 Å². The molecule has 0 spiro atoms. The van der Waals surface area contributed by atoms with Crippen LogP contribution in [0.25, 0.3) is 0 Å². The highest BCUT2D eigenvalue weighted by atomic mass is 14.6. The third-order valence-corrected chi connectivity index (χ3v) is 1.10. The summed E-state index contributed by atoms with van der Waals surface area (Å²) in [5.74, 6) is 0. The van der Waals surface area contributed by atoms with Crippen LogP contribution in [-0.4, -0.2) is 6.04 Å². The van der Waals surface area contributed by atoms with Gasteiger partial charge in [0.05, 0.1) is 0 Å². The van der Waals surface area contributed by atoms with E-state index in [9.17, 15) is 0 Å². The molecule has 2 nitrogen and oxygen atoms in total. The van der Waals surface area contributed by atoms with E-state index < -0.39 is 0 Å². The molecule has 0 heterocycles. The summed E-state index contributed by atoms with van der Waals surface area (Å²) in [4.78, 5) is 0. The molecular formula is C6H14N2. The molecule has 0 saturated heterocycles. The molecule has 4 N–H and O–H groups in total.